The number of nitrogens with one attached hydrogen (secondary N) is 1. The van der Waals surface area contributed by atoms with Crippen LogP contribution in [0.2, 0.25) is 0 Å². The van der Waals surface area contributed by atoms with E-state index in [-0.39, 0.29) is 18.9 Å². The smallest absolute Gasteiger partial charge is 0.310 e. The first-order valence-corrected chi connectivity index (χ1v) is 6.62. The van der Waals surface area contributed by atoms with Crippen molar-refractivity contribution >= 4 is 11.9 Å². The zero-order valence-corrected chi connectivity index (χ0v) is 11.4. The van der Waals surface area contributed by atoms with Gasteiger partial charge in [-0.25, -0.2) is 0 Å². The maximum absolute atomic E-state index is 11.9. The van der Waals surface area contributed by atoms with E-state index in [0.29, 0.717) is 18.6 Å². The van der Waals surface area contributed by atoms with Crippen molar-refractivity contribution in [2.45, 2.75) is 38.2 Å². The van der Waals surface area contributed by atoms with E-state index in [9.17, 15) is 14.7 Å². The first-order valence-electron chi connectivity index (χ1n) is 6.62. The second kappa shape index (κ2) is 5.28. The number of aliphatic carboxylic acids is 1. The molecule has 3 N–H and O–H groups in total. The molecule has 20 heavy (non-hydrogen) atoms. The van der Waals surface area contributed by atoms with Crippen molar-refractivity contribution in [3.63, 3.8) is 0 Å². The SMILES string of the molecule is CC(O)(CNC(=O)CC1(C(=O)O)CCC1)c1ccco1. The number of amides is 1. The molecule has 1 saturated carbocycles. The standard InChI is InChI=1S/C14H19NO5/c1-13(19,10-4-2-7-20-10)9-15-11(16)8-14(12(17)18)5-3-6-14/h2,4,7,19H,3,5-6,8-9H2,1H3,(H,15,16)(H,17,18). The summed E-state index contributed by atoms with van der Waals surface area (Å²) in [6.45, 7) is 1.51. The Balaban J connectivity index is 1.88. The molecular formula is C14H19NO5. The quantitative estimate of drug-likeness (QED) is 0.728. The number of carbonyl (C=O) groups is 2. The van der Waals surface area contributed by atoms with Crippen molar-refractivity contribution in [1.82, 2.24) is 5.32 Å². The highest BCUT2D eigenvalue weighted by molar-refractivity contribution is 5.85. The molecule has 0 aromatic carbocycles. The molecule has 1 aliphatic rings. The van der Waals surface area contributed by atoms with Crippen LogP contribution in [0.3, 0.4) is 0 Å². The summed E-state index contributed by atoms with van der Waals surface area (Å²) in [5.41, 5.74) is -2.23. The molecule has 1 aromatic heterocycles. The average molecular weight is 281 g/mol. The molecule has 1 atom stereocenters. The van der Waals surface area contributed by atoms with Crippen molar-refractivity contribution in [3.05, 3.63) is 24.2 Å². The van der Waals surface area contributed by atoms with Crippen LogP contribution in [0.25, 0.3) is 0 Å². The van der Waals surface area contributed by atoms with E-state index in [1.165, 1.54) is 13.2 Å². The van der Waals surface area contributed by atoms with Crippen molar-refractivity contribution in [3.8, 4) is 0 Å². The van der Waals surface area contributed by atoms with E-state index < -0.39 is 17.0 Å². The minimum atomic E-state index is -1.31. The molecule has 110 valence electrons. The van der Waals surface area contributed by atoms with Gasteiger partial charge < -0.3 is 19.9 Å². The van der Waals surface area contributed by atoms with Gasteiger partial charge in [-0.05, 0) is 31.9 Å². The molecule has 6 heteroatoms. The highest BCUT2D eigenvalue weighted by atomic mass is 16.4. The Kier molecular flexibility index (Phi) is 3.85. The topological polar surface area (TPSA) is 99.8 Å². The predicted octanol–water partition coefficient (Wildman–Crippen LogP) is 1.25. The van der Waals surface area contributed by atoms with Crippen LogP contribution in [0.5, 0.6) is 0 Å². The van der Waals surface area contributed by atoms with Gasteiger partial charge in [-0.1, -0.05) is 6.42 Å². The first-order chi connectivity index (χ1) is 9.36. The summed E-state index contributed by atoms with van der Waals surface area (Å²) in [5, 5.41) is 21.9. The molecule has 1 amide bonds. The number of carboxylic acid groups (broad SMARTS) is 1. The molecule has 0 spiro atoms. The number of carboxylic acids is 1. The predicted molar refractivity (Wildman–Crippen MR) is 69.8 cm³/mol. The van der Waals surface area contributed by atoms with E-state index in [4.69, 9.17) is 9.52 Å². The Labute approximate surface area is 116 Å². The van der Waals surface area contributed by atoms with Gasteiger partial charge in [-0.3, -0.25) is 9.59 Å². The molecule has 1 unspecified atom stereocenters. The number of carbonyl (C=O) groups excluding carboxylic acids is 1. The molecule has 6 nitrogen and oxygen atoms in total. The van der Waals surface area contributed by atoms with Crippen molar-refractivity contribution < 1.29 is 24.2 Å². The maximum atomic E-state index is 11.9. The van der Waals surface area contributed by atoms with Crippen LogP contribution in [-0.4, -0.2) is 28.6 Å². The number of hydrogen-bond acceptors (Lipinski definition) is 4. The third kappa shape index (κ3) is 2.85. The summed E-state index contributed by atoms with van der Waals surface area (Å²) in [6, 6.07) is 3.27. The van der Waals surface area contributed by atoms with Crippen LogP contribution in [-0.2, 0) is 15.2 Å². The Morgan fingerprint density at radius 1 is 1.50 bits per heavy atom. The summed E-state index contributed by atoms with van der Waals surface area (Å²) in [6.07, 6.45) is 3.30. The molecule has 1 fully saturated rings. The van der Waals surface area contributed by atoms with Crippen LogP contribution < -0.4 is 5.32 Å². The van der Waals surface area contributed by atoms with Gasteiger partial charge in [0.1, 0.15) is 11.4 Å². The van der Waals surface area contributed by atoms with Gasteiger partial charge in [-0.2, -0.15) is 0 Å². The van der Waals surface area contributed by atoms with Crippen LogP contribution in [0.15, 0.2) is 22.8 Å². The molecule has 0 bridgehead atoms. The Morgan fingerprint density at radius 3 is 2.65 bits per heavy atom. The molecule has 1 aliphatic carbocycles. The monoisotopic (exact) mass is 281 g/mol. The Morgan fingerprint density at radius 2 is 2.20 bits per heavy atom. The lowest BCUT2D eigenvalue weighted by atomic mass is 9.66. The minimum absolute atomic E-state index is 0.0188. The van der Waals surface area contributed by atoms with Crippen molar-refractivity contribution in [2.24, 2.45) is 5.41 Å². The highest BCUT2D eigenvalue weighted by Gasteiger charge is 2.46. The second-order valence-corrected chi connectivity index (χ2v) is 5.64. The summed E-state index contributed by atoms with van der Waals surface area (Å²) in [7, 11) is 0. The van der Waals surface area contributed by atoms with E-state index >= 15 is 0 Å². The van der Waals surface area contributed by atoms with Gasteiger partial charge in [0.2, 0.25) is 5.91 Å². The fourth-order valence-electron chi connectivity index (χ4n) is 2.38. The van der Waals surface area contributed by atoms with Gasteiger partial charge in [0.25, 0.3) is 0 Å². The van der Waals surface area contributed by atoms with Crippen molar-refractivity contribution in [2.75, 3.05) is 6.54 Å². The first kappa shape index (κ1) is 14.6. The third-order valence-electron chi connectivity index (χ3n) is 3.95. The lowest BCUT2D eigenvalue weighted by molar-refractivity contribution is -0.157. The summed E-state index contributed by atoms with van der Waals surface area (Å²) in [4.78, 5) is 23.0. The summed E-state index contributed by atoms with van der Waals surface area (Å²) < 4.78 is 5.11. The zero-order chi connectivity index (χ0) is 14.8. The van der Waals surface area contributed by atoms with Gasteiger partial charge >= 0.3 is 5.97 Å². The van der Waals surface area contributed by atoms with E-state index in [1.807, 2.05) is 0 Å². The van der Waals surface area contributed by atoms with Crippen molar-refractivity contribution in [1.29, 1.82) is 0 Å². The van der Waals surface area contributed by atoms with Crippen LogP contribution in [0, 0.1) is 5.41 Å². The van der Waals surface area contributed by atoms with Gasteiger partial charge in [0, 0.05) is 6.42 Å². The molecule has 0 radical (unpaired) electrons. The van der Waals surface area contributed by atoms with Gasteiger partial charge in [0.15, 0.2) is 0 Å². The highest BCUT2D eigenvalue weighted by Crippen LogP contribution is 2.44. The molecule has 1 heterocycles. The minimum Gasteiger partial charge on any atom is -0.481 e. The van der Waals surface area contributed by atoms with Crippen LogP contribution in [0.1, 0.15) is 38.4 Å². The maximum Gasteiger partial charge on any atom is 0.310 e. The largest absolute Gasteiger partial charge is 0.481 e. The number of furan rings is 1. The van der Waals surface area contributed by atoms with E-state index in [0.717, 1.165) is 6.42 Å². The van der Waals surface area contributed by atoms with Gasteiger partial charge in [-0.15, -0.1) is 0 Å². The molecule has 2 rings (SSSR count). The van der Waals surface area contributed by atoms with E-state index in [2.05, 4.69) is 5.32 Å². The zero-order valence-electron chi connectivity index (χ0n) is 11.4. The molecule has 0 aliphatic heterocycles. The van der Waals surface area contributed by atoms with Gasteiger partial charge in [0.05, 0.1) is 18.2 Å². The lowest BCUT2D eigenvalue weighted by Gasteiger charge is -2.37. The lowest BCUT2D eigenvalue weighted by Crippen LogP contribution is -2.45. The normalized spacial score (nSPS) is 19.7. The fourth-order valence-corrected chi connectivity index (χ4v) is 2.38. The van der Waals surface area contributed by atoms with Crippen LogP contribution >= 0.6 is 0 Å². The third-order valence-corrected chi connectivity index (χ3v) is 3.95. The average Bonchev–Trinajstić information content (AvgIpc) is 2.85. The molecule has 0 saturated heterocycles. The van der Waals surface area contributed by atoms with Crippen LogP contribution in [0.4, 0.5) is 0 Å². The second-order valence-electron chi connectivity index (χ2n) is 5.64. The number of aliphatic hydroxyl groups is 1. The van der Waals surface area contributed by atoms with E-state index in [1.54, 1.807) is 12.1 Å². The molecule has 1 aromatic rings. The number of hydrogen-bond donors (Lipinski definition) is 3. The Hall–Kier alpha value is -1.82. The summed E-state index contributed by atoms with van der Waals surface area (Å²) in [5.74, 6) is -0.926. The Bertz CT molecular complexity index is 488. The molecular weight excluding hydrogens is 262 g/mol. The summed E-state index contributed by atoms with van der Waals surface area (Å²) >= 11 is 0. The number of rotatable bonds is 6. The fraction of sp³-hybridized carbons (Fsp3) is 0.571.